The van der Waals surface area contributed by atoms with Gasteiger partial charge in [-0.3, -0.25) is 0 Å². The van der Waals surface area contributed by atoms with E-state index in [1.54, 1.807) is 11.3 Å². The minimum Gasteiger partial charge on any atom is -0.360 e. The maximum atomic E-state index is 5.73. The maximum Gasteiger partial charge on any atom is 0.0976 e. The van der Waals surface area contributed by atoms with Gasteiger partial charge in [0.2, 0.25) is 0 Å². The quantitative estimate of drug-likeness (QED) is 0.856. The predicted molar refractivity (Wildman–Crippen MR) is 68.4 cm³/mol. The molecule has 0 atom stereocenters. The monoisotopic (exact) mass is 235 g/mol. The summed E-state index contributed by atoms with van der Waals surface area (Å²) in [6, 6.07) is 4.02. The summed E-state index contributed by atoms with van der Waals surface area (Å²) in [5.41, 5.74) is 7.96. The van der Waals surface area contributed by atoms with Gasteiger partial charge in [0.1, 0.15) is 0 Å². The number of nitrogens with two attached hydrogens (primary N) is 1. The van der Waals surface area contributed by atoms with Crippen molar-refractivity contribution in [1.29, 1.82) is 0 Å². The Bertz CT molecular complexity index is 443. The lowest BCUT2D eigenvalue weighted by Crippen LogP contribution is -2.25. The van der Waals surface area contributed by atoms with E-state index in [1.807, 2.05) is 18.3 Å². The van der Waals surface area contributed by atoms with Crippen molar-refractivity contribution in [2.45, 2.75) is 20.3 Å². The molecule has 2 aromatic heterocycles. The van der Waals surface area contributed by atoms with Crippen molar-refractivity contribution < 1.29 is 0 Å². The number of nitrogens with one attached hydrogen (secondary N) is 1. The van der Waals surface area contributed by atoms with E-state index >= 15 is 0 Å². The van der Waals surface area contributed by atoms with Gasteiger partial charge in [-0.2, -0.15) is 0 Å². The Morgan fingerprint density at radius 1 is 1.50 bits per heavy atom. The minimum atomic E-state index is 0.130. The van der Waals surface area contributed by atoms with Gasteiger partial charge in [-0.05, 0) is 24.1 Å². The number of hydrogen-bond donors (Lipinski definition) is 2. The molecule has 3 N–H and O–H groups in total. The van der Waals surface area contributed by atoms with Crippen molar-refractivity contribution >= 4 is 11.3 Å². The van der Waals surface area contributed by atoms with E-state index in [2.05, 4.69) is 29.2 Å². The van der Waals surface area contributed by atoms with E-state index in [0.29, 0.717) is 6.54 Å². The number of aromatic nitrogens is 2. The van der Waals surface area contributed by atoms with E-state index in [1.165, 1.54) is 0 Å². The lowest BCUT2D eigenvalue weighted by molar-refractivity contribution is 0.376. The van der Waals surface area contributed by atoms with Crippen LogP contribution in [0.2, 0.25) is 0 Å². The van der Waals surface area contributed by atoms with Crippen molar-refractivity contribution in [2.24, 2.45) is 11.1 Å². The van der Waals surface area contributed by atoms with Crippen molar-refractivity contribution in [3.05, 3.63) is 28.7 Å². The molecule has 0 amide bonds. The first-order valence-corrected chi connectivity index (χ1v) is 6.27. The smallest absolute Gasteiger partial charge is 0.0976 e. The van der Waals surface area contributed by atoms with E-state index in [4.69, 9.17) is 5.73 Å². The Kier molecular flexibility index (Phi) is 3.12. The van der Waals surface area contributed by atoms with Gasteiger partial charge in [0.05, 0.1) is 16.4 Å². The Balaban J connectivity index is 2.14. The molecule has 16 heavy (non-hydrogen) atoms. The van der Waals surface area contributed by atoms with Crippen LogP contribution >= 0.6 is 11.3 Å². The highest BCUT2D eigenvalue weighted by Crippen LogP contribution is 2.26. The summed E-state index contributed by atoms with van der Waals surface area (Å²) < 4.78 is 0. The molecule has 0 spiro atoms. The zero-order valence-electron chi connectivity index (χ0n) is 9.66. The largest absolute Gasteiger partial charge is 0.360 e. The second-order valence-corrected chi connectivity index (χ2v) is 5.70. The molecule has 0 aromatic carbocycles. The summed E-state index contributed by atoms with van der Waals surface area (Å²) >= 11 is 1.70. The zero-order valence-corrected chi connectivity index (χ0v) is 10.5. The molecule has 0 unspecified atom stereocenters. The molecule has 4 heteroatoms. The molecule has 0 aliphatic carbocycles. The number of hydrogen-bond acceptors (Lipinski definition) is 3. The maximum absolute atomic E-state index is 5.73. The molecule has 0 bridgehead atoms. The average Bonchev–Trinajstić information content (AvgIpc) is 2.86. The van der Waals surface area contributed by atoms with Crippen LogP contribution < -0.4 is 5.73 Å². The third kappa shape index (κ3) is 2.51. The SMILES string of the molecule is CC(C)(CN)Cc1nc(-c2ccc[nH]2)cs1. The van der Waals surface area contributed by atoms with Crippen LogP contribution in [0.5, 0.6) is 0 Å². The lowest BCUT2D eigenvalue weighted by Gasteiger charge is -2.20. The molecule has 0 radical (unpaired) electrons. The second-order valence-electron chi connectivity index (χ2n) is 4.76. The van der Waals surface area contributed by atoms with Gasteiger partial charge in [-0.25, -0.2) is 4.98 Å². The summed E-state index contributed by atoms with van der Waals surface area (Å²) in [6.45, 7) is 5.02. The van der Waals surface area contributed by atoms with Crippen LogP contribution in [0.4, 0.5) is 0 Å². The number of H-pyrrole nitrogens is 1. The summed E-state index contributed by atoms with van der Waals surface area (Å²) in [7, 11) is 0. The molecular weight excluding hydrogens is 218 g/mol. The first-order valence-electron chi connectivity index (χ1n) is 5.39. The Labute approximate surface area is 99.7 Å². The van der Waals surface area contributed by atoms with E-state index in [-0.39, 0.29) is 5.41 Å². The molecule has 0 fully saturated rings. The van der Waals surface area contributed by atoms with Crippen LogP contribution in [-0.2, 0) is 6.42 Å². The highest BCUT2D eigenvalue weighted by Gasteiger charge is 2.18. The molecular formula is C12H17N3S. The van der Waals surface area contributed by atoms with Crippen molar-refractivity contribution in [3.8, 4) is 11.4 Å². The third-order valence-corrected chi connectivity index (χ3v) is 3.46. The zero-order chi connectivity index (χ0) is 11.6. The fourth-order valence-electron chi connectivity index (χ4n) is 1.49. The van der Waals surface area contributed by atoms with Gasteiger partial charge in [-0.15, -0.1) is 11.3 Å². The molecule has 2 heterocycles. The average molecular weight is 235 g/mol. The normalized spacial score (nSPS) is 11.9. The van der Waals surface area contributed by atoms with Gasteiger partial charge >= 0.3 is 0 Å². The molecule has 0 aliphatic heterocycles. The Morgan fingerprint density at radius 3 is 2.94 bits per heavy atom. The van der Waals surface area contributed by atoms with Crippen LogP contribution in [0.3, 0.4) is 0 Å². The third-order valence-electron chi connectivity index (χ3n) is 2.61. The van der Waals surface area contributed by atoms with Crippen LogP contribution in [0.15, 0.2) is 23.7 Å². The van der Waals surface area contributed by atoms with Crippen molar-refractivity contribution in [3.63, 3.8) is 0 Å². The molecule has 0 aliphatic rings. The predicted octanol–water partition coefficient (Wildman–Crippen LogP) is 2.67. The molecule has 0 saturated carbocycles. The summed E-state index contributed by atoms with van der Waals surface area (Å²) in [5.74, 6) is 0. The summed E-state index contributed by atoms with van der Waals surface area (Å²) in [4.78, 5) is 7.78. The number of rotatable bonds is 4. The van der Waals surface area contributed by atoms with Crippen LogP contribution in [0, 0.1) is 5.41 Å². The van der Waals surface area contributed by atoms with Gasteiger partial charge in [-0.1, -0.05) is 13.8 Å². The highest BCUT2D eigenvalue weighted by atomic mass is 32.1. The topological polar surface area (TPSA) is 54.7 Å². The Hall–Kier alpha value is -1.13. The van der Waals surface area contributed by atoms with Gasteiger partial charge in [0.25, 0.3) is 0 Å². The van der Waals surface area contributed by atoms with Gasteiger partial charge in [0.15, 0.2) is 0 Å². The first kappa shape index (κ1) is 11.4. The fraction of sp³-hybridized carbons (Fsp3) is 0.417. The highest BCUT2D eigenvalue weighted by molar-refractivity contribution is 7.09. The number of nitrogens with zero attached hydrogens (tertiary/aromatic N) is 1. The van der Waals surface area contributed by atoms with Crippen molar-refractivity contribution in [2.75, 3.05) is 6.54 Å². The standard InChI is InChI=1S/C12H17N3S/c1-12(2,8-13)6-11-15-10(7-16-11)9-4-3-5-14-9/h3-5,7,14H,6,8,13H2,1-2H3. The molecule has 0 saturated heterocycles. The summed E-state index contributed by atoms with van der Waals surface area (Å²) in [6.07, 6.45) is 2.85. The fourth-order valence-corrected chi connectivity index (χ4v) is 2.54. The van der Waals surface area contributed by atoms with Crippen LogP contribution in [0.25, 0.3) is 11.4 Å². The molecule has 2 aromatic rings. The van der Waals surface area contributed by atoms with E-state index in [0.717, 1.165) is 22.8 Å². The van der Waals surface area contributed by atoms with E-state index < -0.39 is 0 Å². The summed E-state index contributed by atoms with van der Waals surface area (Å²) in [5, 5.41) is 3.24. The van der Waals surface area contributed by atoms with Gasteiger partial charge < -0.3 is 10.7 Å². The molecule has 86 valence electrons. The Morgan fingerprint density at radius 2 is 2.31 bits per heavy atom. The minimum absolute atomic E-state index is 0.130. The first-order chi connectivity index (χ1) is 7.61. The van der Waals surface area contributed by atoms with Crippen molar-refractivity contribution in [1.82, 2.24) is 9.97 Å². The molecule has 2 rings (SSSR count). The lowest BCUT2D eigenvalue weighted by atomic mass is 9.90. The van der Waals surface area contributed by atoms with Crippen LogP contribution in [0.1, 0.15) is 18.9 Å². The molecule has 3 nitrogen and oxygen atoms in total. The second kappa shape index (κ2) is 4.39. The van der Waals surface area contributed by atoms with Gasteiger partial charge in [0, 0.05) is 18.0 Å². The number of thiazole rings is 1. The number of aromatic amines is 1. The van der Waals surface area contributed by atoms with E-state index in [9.17, 15) is 0 Å². The van der Waals surface area contributed by atoms with Crippen LogP contribution in [-0.4, -0.2) is 16.5 Å².